The third kappa shape index (κ3) is 1.73. The van der Waals surface area contributed by atoms with E-state index >= 15 is 0 Å². The molecule has 0 spiro atoms. The summed E-state index contributed by atoms with van der Waals surface area (Å²) in [5, 5.41) is 5.57. The molecule has 0 aliphatic heterocycles. The van der Waals surface area contributed by atoms with Crippen LogP contribution in [0.3, 0.4) is 0 Å². The number of rotatable bonds is 3. The Bertz CT molecular complexity index is 422. The first-order valence-electron chi connectivity index (χ1n) is 4.90. The summed E-state index contributed by atoms with van der Waals surface area (Å²) in [7, 11) is 0. The van der Waals surface area contributed by atoms with E-state index in [1.54, 1.807) is 11.3 Å². The van der Waals surface area contributed by atoms with E-state index in [2.05, 4.69) is 35.6 Å². The van der Waals surface area contributed by atoms with Crippen molar-refractivity contribution in [1.29, 1.82) is 0 Å². The van der Waals surface area contributed by atoms with Gasteiger partial charge in [-0.15, -0.1) is 11.3 Å². The molecule has 0 bridgehead atoms. The molecule has 2 heterocycles. The summed E-state index contributed by atoms with van der Waals surface area (Å²) in [6.45, 7) is 4.38. The fraction of sp³-hybridized carbons (Fsp3) is 0.364. The number of hydrogen-bond donors (Lipinski definition) is 1. The van der Waals surface area contributed by atoms with E-state index < -0.39 is 0 Å². The van der Waals surface area contributed by atoms with Crippen LogP contribution in [0.25, 0.3) is 10.2 Å². The summed E-state index contributed by atoms with van der Waals surface area (Å²) in [4.78, 5) is 4.31. The van der Waals surface area contributed by atoms with Crippen LogP contribution in [0.15, 0.2) is 23.7 Å². The third-order valence-corrected chi connectivity index (χ3v) is 3.30. The first-order valence-corrected chi connectivity index (χ1v) is 5.78. The van der Waals surface area contributed by atoms with E-state index in [4.69, 9.17) is 0 Å². The summed E-state index contributed by atoms with van der Waals surface area (Å²) in [6, 6.07) is 4.62. The van der Waals surface area contributed by atoms with Gasteiger partial charge in [-0.3, -0.25) is 4.98 Å². The summed E-state index contributed by atoms with van der Waals surface area (Å²) in [6.07, 6.45) is 2.99. The van der Waals surface area contributed by atoms with Gasteiger partial charge in [0.25, 0.3) is 0 Å². The highest BCUT2D eigenvalue weighted by molar-refractivity contribution is 7.17. The van der Waals surface area contributed by atoms with Crippen LogP contribution in [-0.4, -0.2) is 11.0 Å². The SMILES string of the molecule is CCC(C)Nc1ccnc2ccsc12. The van der Waals surface area contributed by atoms with Crippen molar-refractivity contribution < 1.29 is 0 Å². The minimum Gasteiger partial charge on any atom is -0.381 e. The Morgan fingerprint density at radius 2 is 2.36 bits per heavy atom. The van der Waals surface area contributed by atoms with Crippen LogP contribution in [0.5, 0.6) is 0 Å². The lowest BCUT2D eigenvalue weighted by Crippen LogP contribution is -2.13. The zero-order valence-corrected chi connectivity index (χ0v) is 9.27. The second-order valence-corrected chi connectivity index (χ2v) is 4.36. The van der Waals surface area contributed by atoms with Crippen LogP contribution in [-0.2, 0) is 0 Å². The largest absolute Gasteiger partial charge is 0.381 e. The van der Waals surface area contributed by atoms with E-state index in [0.29, 0.717) is 6.04 Å². The molecule has 74 valence electrons. The lowest BCUT2D eigenvalue weighted by atomic mass is 10.2. The summed E-state index contributed by atoms with van der Waals surface area (Å²) in [5.74, 6) is 0. The predicted molar refractivity (Wildman–Crippen MR) is 63.0 cm³/mol. The lowest BCUT2D eigenvalue weighted by Gasteiger charge is -2.13. The average Bonchev–Trinajstić information content (AvgIpc) is 2.66. The first kappa shape index (κ1) is 9.46. The van der Waals surface area contributed by atoms with Gasteiger partial charge in [-0.05, 0) is 30.9 Å². The van der Waals surface area contributed by atoms with Crippen LogP contribution >= 0.6 is 11.3 Å². The molecule has 1 atom stereocenters. The van der Waals surface area contributed by atoms with Gasteiger partial charge in [0.15, 0.2) is 0 Å². The molecular formula is C11H14N2S. The Labute approximate surface area is 88.0 Å². The van der Waals surface area contributed by atoms with Gasteiger partial charge in [0, 0.05) is 12.2 Å². The zero-order valence-electron chi connectivity index (χ0n) is 8.45. The minimum absolute atomic E-state index is 0.516. The van der Waals surface area contributed by atoms with Crippen molar-refractivity contribution in [2.24, 2.45) is 0 Å². The average molecular weight is 206 g/mol. The third-order valence-electron chi connectivity index (χ3n) is 2.36. The van der Waals surface area contributed by atoms with Crippen molar-refractivity contribution in [3.8, 4) is 0 Å². The van der Waals surface area contributed by atoms with Gasteiger partial charge in [-0.25, -0.2) is 0 Å². The molecule has 3 heteroatoms. The Balaban J connectivity index is 2.36. The van der Waals surface area contributed by atoms with Crippen molar-refractivity contribution in [1.82, 2.24) is 4.98 Å². The van der Waals surface area contributed by atoms with Gasteiger partial charge in [0.05, 0.1) is 15.9 Å². The van der Waals surface area contributed by atoms with Gasteiger partial charge in [0.1, 0.15) is 0 Å². The maximum absolute atomic E-state index is 4.31. The molecule has 14 heavy (non-hydrogen) atoms. The smallest absolute Gasteiger partial charge is 0.0830 e. The number of pyridine rings is 1. The van der Waals surface area contributed by atoms with Crippen LogP contribution < -0.4 is 5.32 Å². The minimum atomic E-state index is 0.516. The van der Waals surface area contributed by atoms with Crippen LogP contribution in [0.1, 0.15) is 20.3 Å². The molecule has 2 aromatic heterocycles. The topological polar surface area (TPSA) is 24.9 Å². The maximum Gasteiger partial charge on any atom is 0.0830 e. The molecule has 0 saturated carbocycles. The van der Waals surface area contributed by atoms with E-state index in [1.807, 2.05) is 12.3 Å². The highest BCUT2D eigenvalue weighted by Crippen LogP contribution is 2.27. The maximum atomic E-state index is 4.31. The quantitative estimate of drug-likeness (QED) is 0.831. The molecule has 0 aliphatic carbocycles. The zero-order chi connectivity index (χ0) is 9.97. The molecule has 0 aromatic carbocycles. The van der Waals surface area contributed by atoms with Crippen LogP contribution in [0.2, 0.25) is 0 Å². The normalized spacial score (nSPS) is 13.0. The molecule has 1 unspecified atom stereocenters. The Kier molecular flexibility index (Phi) is 2.68. The van der Waals surface area contributed by atoms with E-state index in [0.717, 1.165) is 11.9 Å². The highest BCUT2D eigenvalue weighted by Gasteiger charge is 2.04. The number of aromatic nitrogens is 1. The van der Waals surface area contributed by atoms with Crippen molar-refractivity contribution in [3.63, 3.8) is 0 Å². The second-order valence-electron chi connectivity index (χ2n) is 3.45. The number of fused-ring (bicyclic) bond motifs is 1. The van der Waals surface area contributed by atoms with Gasteiger partial charge < -0.3 is 5.32 Å². The van der Waals surface area contributed by atoms with Gasteiger partial charge in [0.2, 0.25) is 0 Å². The summed E-state index contributed by atoms with van der Waals surface area (Å²) in [5.41, 5.74) is 2.29. The summed E-state index contributed by atoms with van der Waals surface area (Å²) >= 11 is 1.74. The number of thiophene rings is 1. The number of nitrogens with one attached hydrogen (secondary N) is 1. The van der Waals surface area contributed by atoms with Crippen molar-refractivity contribution in [2.45, 2.75) is 26.3 Å². The molecular weight excluding hydrogens is 192 g/mol. The van der Waals surface area contributed by atoms with Crippen LogP contribution in [0, 0.1) is 0 Å². The molecule has 2 nitrogen and oxygen atoms in total. The standard InChI is InChI=1S/C11H14N2S/c1-3-8(2)13-10-4-6-12-9-5-7-14-11(9)10/h4-8H,3H2,1-2H3,(H,12,13). The molecule has 0 fully saturated rings. The Morgan fingerprint density at radius 1 is 1.50 bits per heavy atom. The number of hydrogen-bond acceptors (Lipinski definition) is 3. The molecule has 0 aliphatic rings. The highest BCUT2D eigenvalue weighted by atomic mass is 32.1. The monoisotopic (exact) mass is 206 g/mol. The van der Waals surface area contributed by atoms with Gasteiger partial charge >= 0.3 is 0 Å². The fourth-order valence-electron chi connectivity index (χ4n) is 1.35. The second kappa shape index (κ2) is 3.96. The van der Waals surface area contributed by atoms with Gasteiger partial charge in [-0.1, -0.05) is 6.92 Å². The molecule has 0 radical (unpaired) electrons. The molecule has 0 saturated heterocycles. The molecule has 0 amide bonds. The number of anilines is 1. The fourth-order valence-corrected chi connectivity index (χ4v) is 2.18. The van der Waals surface area contributed by atoms with E-state index in [-0.39, 0.29) is 0 Å². The summed E-state index contributed by atoms with van der Waals surface area (Å²) < 4.78 is 1.26. The van der Waals surface area contributed by atoms with Crippen molar-refractivity contribution >= 4 is 27.2 Å². The molecule has 1 N–H and O–H groups in total. The van der Waals surface area contributed by atoms with Crippen molar-refractivity contribution in [3.05, 3.63) is 23.7 Å². The number of nitrogens with zero attached hydrogens (tertiary/aromatic N) is 1. The van der Waals surface area contributed by atoms with Gasteiger partial charge in [-0.2, -0.15) is 0 Å². The molecule has 2 aromatic rings. The van der Waals surface area contributed by atoms with Crippen molar-refractivity contribution in [2.75, 3.05) is 5.32 Å². The lowest BCUT2D eigenvalue weighted by molar-refractivity contribution is 0.765. The Hall–Kier alpha value is -1.09. The Morgan fingerprint density at radius 3 is 3.14 bits per heavy atom. The predicted octanol–water partition coefficient (Wildman–Crippen LogP) is 3.51. The van der Waals surface area contributed by atoms with Crippen LogP contribution in [0.4, 0.5) is 5.69 Å². The van der Waals surface area contributed by atoms with E-state index in [9.17, 15) is 0 Å². The van der Waals surface area contributed by atoms with E-state index in [1.165, 1.54) is 10.4 Å². The molecule has 2 rings (SSSR count). The first-order chi connectivity index (χ1) is 6.81.